The molecule has 2 atom stereocenters. The molecule has 134 valence electrons. The van der Waals surface area contributed by atoms with Gasteiger partial charge in [0.25, 0.3) is 0 Å². The fourth-order valence-corrected chi connectivity index (χ4v) is 3.58. The van der Waals surface area contributed by atoms with Crippen molar-refractivity contribution in [2.45, 2.75) is 44.4 Å². The second-order valence-corrected chi connectivity index (χ2v) is 6.76. The molecular weight excluding hydrogens is 308 g/mol. The summed E-state index contributed by atoms with van der Waals surface area (Å²) in [7, 11) is 0. The maximum atomic E-state index is 11.7. The molecule has 0 aliphatic rings. The third-order valence-electron chi connectivity index (χ3n) is 4.88. The molecule has 2 rings (SSSR count). The minimum atomic E-state index is -0.210. The number of unbranched alkanes of at least 4 members (excludes halogenated alkanes) is 1. The van der Waals surface area contributed by atoms with Gasteiger partial charge >= 0.3 is 0 Å². The summed E-state index contributed by atoms with van der Waals surface area (Å²) < 4.78 is 0. The van der Waals surface area contributed by atoms with Crippen molar-refractivity contribution in [3.8, 4) is 0 Å². The Morgan fingerprint density at radius 3 is 2.12 bits per heavy atom. The van der Waals surface area contributed by atoms with E-state index in [0.29, 0.717) is 18.9 Å². The molecule has 0 bridgehead atoms. The predicted molar refractivity (Wildman–Crippen MR) is 104 cm³/mol. The quantitative estimate of drug-likeness (QED) is 0.607. The van der Waals surface area contributed by atoms with Crippen LogP contribution in [0, 0.1) is 5.92 Å². The Bertz CT molecular complexity index is 612. The first kappa shape index (κ1) is 19.2. The van der Waals surface area contributed by atoms with Gasteiger partial charge in [-0.1, -0.05) is 67.1 Å². The smallest absolute Gasteiger partial charge is 0.217 e. The highest BCUT2D eigenvalue weighted by Crippen LogP contribution is 2.35. The molecule has 1 amide bonds. The number of nitrogens with two attached hydrogens (primary N) is 2. The molecule has 0 aliphatic heterocycles. The second-order valence-electron chi connectivity index (χ2n) is 6.76. The largest absolute Gasteiger partial charge is 0.370 e. The van der Waals surface area contributed by atoms with Crippen molar-refractivity contribution in [3.63, 3.8) is 0 Å². The number of benzene rings is 2. The van der Waals surface area contributed by atoms with E-state index in [1.807, 2.05) is 12.1 Å². The lowest BCUT2D eigenvalue weighted by molar-refractivity contribution is -0.119. The lowest BCUT2D eigenvalue weighted by Gasteiger charge is -2.27. The fraction of sp³-hybridized carbons (Fsp3) is 0.409. The van der Waals surface area contributed by atoms with E-state index >= 15 is 0 Å². The van der Waals surface area contributed by atoms with Crippen LogP contribution in [0.25, 0.3) is 0 Å². The summed E-state index contributed by atoms with van der Waals surface area (Å²) in [6, 6.07) is 21.0. The zero-order chi connectivity index (χ0) is 17.9. The van der Waals surface area contributed by atoms with Crippen LogP contribution in [-0.4, -0.2) is 12.5 Å². The maximum Gasteiger partial charge on any atom is 0.217 e. The number of carbonyl (C=O) groups excluding carboxylic acids is 1. The van der Waals surface area contributed by atoms with E-state index in [0.717, 1.165) is 32.1 Å². The van der Waals surface area contributed by atoms with Crippen LogP contribution >= 0.6 is 0 Å². The molecule has 3 nitrogen and oxygen atoms in total. The normalized spacial score (nSPS) is 13.3. The van der Waals surface area contributed by atoms with Crippen LogP contribution in [0.3, 0.4) is 0 Å². The molecule has 0 fully saturated rings. The Balaban J connectivity index is 2.14. The van der Waals surface area contributed by atoms with E-state index in [4.69, 9.17) is 11.5 Å². The summed E-state index contributed by atoms with van der Waals surface area (Å²) in [5.74, 6) is 0.402. The van der Waals surface area contributed by atoms with Crippen molar-refractivity contribution in [2.24, 2.45) is 17.4 Å². The number of amides is 1. The van der Waals surface area contributed by atoms with Gasteiger partial charge in [0.2, 0.25) is 5.91 Å². The van der Waals surface area contributed by atoms with Crippen molar-refractivity contribution in [3.05, 3.63) is 71.8 Å². The predicted octanol–water partition coefficient (Wildman–Crippen LogP) is 4.02. The van der Waals surface area contributed by atoms with Gasteiger partial charge in [-0.2, -0.15) is 0 Å². The van der Waals surface area contributed by atoms with Gasteiger partial charge in [-0.05, 0) is 55.2 Å². The topological polar surface area (TPSA) is 69.1 Å². The van der Waals surface area contributed by atoms with Crippen LogP contribution < -0.4 is 11.5 Å². The molecule has 2 aromatic rings. The van der Waals surface area contributed by atoms with Crippen LogP contribution in [-0.2, 0) is 11.2 Å². The number of hydrogen-bond donors (Lipinski definition) is 2. The summed E-state index contributed by atoms with van der Waals surface area (Å²) in [5.41, 5.74) is 13.9. The third kappa shape index (κ3) is 6.71. The Morgan fingerprint density at radius 2 is 1.52 bits per heavy atom. The molecule has 3 heteroatoms. The molecule has 2 aromatic carbocycles. The van der Waals surface area contributed by atoms with E-state index in [2.05, 4.69) is 48.5 Å². The second kappa shape index (κ2) is 10.7. The fourth-order valence-electron chi connectivity index (χ4n) is 3.58. The Labute approximate surface area is 151 Å². The van der Waals surface area contributed by atoms with Crippen molar-refractivity contribution >= 4 is 5.91 Å². The highest BCUT2D eigenvalue weighted by molar-refractivity contribution is 5.74. The third-order valence-corrected chi connectivity index (χ3v) is 4.88. The highest BCUT2D eigenvalue weighted by Gasteiger charge is 2.24. The van der Waals surface area contributed by atoms with Crippen molar-refractivity contribution in [1.82, 2.24) is 0 Å². The summed E-state index contributed by atoms with van der Waals surface area (Å²) in [5, 5.41) is 0. The van der Waals surface area contributed by atoms with Crippen LogP contribution in [0.5, 0.6) is 0 Å². The van der Waals surface area contributed by atoms with Crippen molar-refractivity contribution in [1.29, 1.82) is 0 Å². The first-order valence-corrected chi connectivity index (χ1v) is 9.28. The van der Waals surface area contributed by atoms with Gasteiger partial charge in [0.05, 0.1) is 0 Å². The minimum absolute atomic E-state index is 0.210. The van der Waals surface area contributed by atoms with E-state index in [9.17, 15) is 4.79 Å². The highest BCUT2D eigenvalue weighted by atomic mass is 16.1. The number of hydrogen-bond acceptors (Lipinski definition) is 2. The molecule has 2 unspecified atom stereocenters. The Hall–Kier alpha value is -2.13. The molecule has 0 aromatic heterocycles. The first-order valence-electron chi connectivity index (χ1n) is 9.28. The van der Waals surface area contributed by atoms with Crippen LogP contribution in [0.2, 0.25) is 0 Å². The zero-order valence-electron chi connectivity index (χ0n) is 14.9. The number of carbonyl (C=O) groups is 1. The summed E-state index contributed by atoms with van der Waals surface area (Å²) in [6.07, 6.45) is 5.53. The maximum absolute atomic E-state index is 11.7. The lowest BCUT2D eigenvalue weighted by atomic mass is 9.77. The molecular formula is C22H30N2O. The average molecular weight is 338 g/mol. The SMILES string of the molecule is NCCCCC(c1ccccc1)C(CCc1ccccc1)CC(N)=O. The molecule has 4 N–H and O–H groups in total. The molecule has 0 heterocycles. The Morgan fingerprint density at radius 1 is 0.880 bits per heavy atom. The molecule has 0 aliphatic carbocycles. The molecule has 0 spiro atoms. The van der Waals surface area contributed by atoms with Gasteiger partial charge in [-0.15, -0.1) is 0 Å². The van der Waals surface area contributed by atoms with E-state index in [1.54, 1.807) is 0 Å². The number of aryl methyl sites for hydroxylation is 1. The molecule has 0 radical (unpaired) electrons. The average Bonchev–Trinajstić information content (AvgIpc) is 2.64. The standard InChI is InChI=1S/C22H30N2O/c23-16-8-7-13-21(19-11-5-2-6-12-19)20(17-22(24)25)15-14-18-9-3-1-4-10-18/h1-6,9-12,20-21H,7-8,13-17,23H2,(H2,24,25). The van der Waals surface area contributed by atoms with Crippen molar-refractivity contribution in [2.75, 3.05) is 6.54 Å². The number of rotatable bonds is 11. The van der Waals surface area contributed by atoms with Gasteiger partial charge in [0, 0.05) is 6.42 Å². The van der Waals surface area contributed by atoms with Gasteiger partial charge in [-0.3, -0.25) is 4.79 Å². The summed E-state index contributed by atoms with van der Waals surface area (Å²) in [6.45, 7) is 0.714. The summed E-state index contributed by atoms with van der Waals surface area (Å²) >= 11 is 0. The lowest BCUT2D eigenvalue weighted by Crippen LogP contribution is -2.22. The van der Waals surface area contributed by atoms with Gasteiger partial charge in [0.15, 0.2) is 0 Å². The molecule has 25 heavy (non-hydrogen) atoms. The first-order chi connectivity index (χ1) is 12.2. The van der Waals surface area contributed by atoms with Crippen LogP contribution in [0.4, 0.5) is 0 Å². The zero-order valence-corrected chi connectivity index (χ0v) is 14.9. The van der Waals surface area contributed by atoms with Gasteiger partial charge in [0.1, 0.15) is 0 Å². The van der Waals surface area contributed by atoms with Gasteiger partial charge in [-0.25, -0.2) is 0 Å². The van der Waals surface area contributed by atoms with Crippen LogP contribution in [0.15, 0.2) is 60.7 Å². The van der Waals surface area contributed by atoms with E-state index < -0.39 is 0 Å². The molecule has 0 saturated carbocycles. The van der Waals surface area contributed by atoms with E-state index in [-0.39, 0.29) is 11.8 Å². The number of primary amides is 1. The molecule has 0 saturated heterocycles. The van der Waals surface area contributed by atoms with Crippen molar-refractivity contribution < 1.29 is 4.79 Å². The van der Waals surface area contributed by atoms with Crippen LogP contribution in [0.1, 0.15) is 49.1 Å². The van der Waals surface area contributed by atoms with Gasteiger partial charge < -0.3 is 11.5 Å². The minimum Gasteiger partial charge on any atom is -0.370 e. The monoisotopic (exact) mass is 338 g/mol. The Kier molecular flexibility index (Phi) is 8.20. The van der Waals surface area contributed by atoms with E-state index in [1.165, 1.54) is 11.1 Å². The summed E-state index contributed by atoms with van der Waals surface area (Å²) in [4.78, 5) is 11.7.